The molecule has 1 unspecified atom stereocenters. The Hall–Kier alpha value is -1.59. The fourth-order valence-corrected chi connectivity index (χ4v) is 2.67. The lowest BCUT2D eigenvalue weighted by Crippen LogP contribution is -2.38. The Kier molecular flexibility index (Phi) is 4.62. The van der Waals surface area contributed by atoms with Crippen LogP contribution in [0.1, 0.15) is 30.4 Å². The van der Waals surface area contributed by atoms with Crippen LogP contribution >= 0.6 is 11.3 Å². The van der Waals surface area contributed by atoms with Crippen LogP contribution in [0.5, 0.6) is 0 Å². The average molecular weight is 293 g/mol. The van der Waals surface area contributed by atoms with E-state index in [0.717, 1.165) is 17.1 Å². The number of thiophene rings is 1. The molecule has 2 rings (SSSR count). The van der Waals surface area contributed by atoms with Crippen molar-refractivity contribution >= 4 is 17.2 Å². The van der Waals surface area contributed by atoms with Crippen LogP contribution in [-0.4, -0.2) is 17.6 Å². The summed E-state index contributed by atoms with van der Waals surface area (Å²) in [6.45, 7) is 3.78. The van der Waals surface area contributed by atoms with Crippen molar-refractivity contribution in [1.82, 2.24) is 5.32 Å². The smallest absolute Gasteiger partial charge is 0.220 e. The van der Waals surface area contributed by atoms with Gasteiger partial charge in [-0.05, 0) is 48.4 Å². The molecule has 4 nitrogen and oxygen atoms in total. The maximum Gasteiger partial charge on any atom is 0.220 e. The van der Waals surface area contributed by atoms with E-state index in [1.54, 1.807) is 6.92 Å². The molecule has 0 spiro atoms. The zero-order chi connectivity index (χ0) is 14.6. The lowest BCUT2D eigenvalue weighted by Gasteiger charge is -2.22. The highest BCUT2D eigenvalue weighted by Gasteiger charge is 2.24. The minimum Gasteiger partial charge on any atom is -0.466 e. The summed E-state index contributed by atoms with van der Waals surface area (Å²) in [5.41, 5.74) is -0.207. The topological polar surface area (TPSA) is 62.5 Å². The van der Waals surface area contributed by atoms with Crippen LogP contribution in [0, 0.1) is 6.92 Å². The van der Waals surface area contributed by atoms with Gasteiger partial charge in [-0.3, -0.25) is 4.79 Å². The first kappa shape index (κ1) is 14.8. The number of hydrogen-bond donors (Lipinski definition) is 2. The zero-order valence-corrected chi connectivity index (χ0v) is 12.5. The predicted octanol–water partition coefficient (Wildman–Crippen LogP) is 2.61. The van der Waals surface area contributed by atoms with E-state index in [2.05, 4.69) is 5.32 Å². The van der Waals surface area contributed by atoms with Crippen molar-refractivity contribution in [2.45, 2.75) is 32.3 Å². The van der Waals surface area contributed by atoms with Gasteiger partial charge in [0.05, 0.1) is 6.54 Å². The monoisotopic (exact) mass is 293 g/mol. The van der Waals surface area contributed by atoms with Crippen molar-refractivity contribution in [2.24, 2.45) is 0 Å². The average Bonchev–Trinajstić information content (AvgIpc) is 3.05. The predicted molar refractivity (Wildman–Crippen MR) is 78.7 cm³/mol. The highest BCUT2D eigenvalue weighted by molar-refractivity contribution is 7.08. The lowest BCUT2D eigenvalue weighted by molar-refractivity contribution is -0.122. The van der Waals surface area contributed by atoms with Crippen LogP contribution in [0.25, 0.3) is 0 Å². The van der Waals surface area contributed by atoms with Crippen LogP contribution < -0.4 is 5.32 Å². The Balaban J connectivity index is 1.77. The maximum absolute atomic E-state index is 11.8. The molecule has 108 valence electrons. The van der Waals surface area contributed by atoms with Gasteiger partial charge < -0.3 is 14.8 Å². The SMILES string of the molecule is Cc1ccc(CCC(=O)NCC(C)(O)c2ccsc2)o1. The third-order valence-corrected chi connectivity index (χ3v) is 3.85. The van der Waals surface area contributed by atoms with Gasteiger partial charge in [0.15, 0.2) is 0 Å². The number of carbonyl (C=O) groups is 1. The highest BCUT2D eigenvalue weighted by atomic mass is 32.1. The first-order valence-corrected chi connectivity index (χ1v) is 7.49. The van der Waals surface area contributed by atoms with E-state index in [1.165, 1.54) is 11.3 Å². The molecule has 1 atom stereocenters. The summed E-state index contributed by atoms with van der Waals surface area (Å²) < 4.78 is 5.41. The van der Waals surface area contributed by atoms with E-state index in [4.69, 9.17) is 4.42 Å². The van der Waals surface area contributed by atoms with Crippen molar-refractivity contribution < 1.29 is 14.3 Å². The van der Waals surface area contributed by atoms with Crippen LogP contribution in [0.3, 0.4) is 0 Å². The third-order valence-electron chi connectivity index (χ3n) is 3.17. The second kappa shape index (κ2) is 6.24. The highest BCUT2D eigenvalue weighted by Crippen LogP contribution is 2.22. The van der Waals surface area contributed by atoms with E-state index in [9.17, 15) is 9.90 Å². The minimum atomic E-state index is -1.03. The number of rotatable bonds is 6. The van der Waals surface area contributed by atoms with E-state index >= 15 is 0 Å². The molecule has 0 aliphatic rings. The van der Waals surface area contributed by atoms with Crippen molar-refractivity contribution in [3.8, 4) is 0 Å². The molecule has 2 aromatic rings. The molecule has 0 aromatic carbocycles. The lowest BCUT2D eigenvalue weighted by atomic mass is 9.99. The Labute approximate surface area is 122 Å². The van der Waals surface area contributed by atoms with E-state index in [-0.39, 0.29) is 12.5 Å². The molecule has 0 bridgehead atoms. The van der Waals surface area contributed by atoms with Gasteiger partial charge in [-0.15, -0.1) is 0 Å². The van der Waals surface area contributed by atoms with Crippen molar-refractivity contribution in [1.29, 1.82) is 0 Å². The van der Waals surface area contributed by atoms with Crippen molar-refractivity contribution in [3.05, 3.63) is 46.0 Å². The molecule has 2 heterocycles. The fourth-order valence-electron chi connectivity index (χ4n) is 1.89. The molecular weight excluding hydrogens is 274 g/mol. The summed E-state index contributed by atoms with van der Waals surface area (Å²) in [7, 11) is 0. The number of nitrogens with one attached hydrogen (secondary N) is 1. The van der Waals surface area contributed by atoms with Gasteiger partial charge in [0.1, 0.15) is 17.1 Å². The fraction of sp³-hybridized carbons (Fsp3) is 0.400. The molecule has 0 saturated heterocycles. The molecule has 0 saturated carbocycles. The van der Waals surface area contributed by atoms with E-state index in [1.807, 2.05) is 35.9 Å². The molecule has 0 aliphatic carbocycles. The number of amides is 1. The standard InChI is InChI=1S/C15H19NO3S/c1-11-3-4-13(19-11)5-6-14(17)16-10-15(2,18)12-7-8-20-9-12/h3-4,7-9,18H,5-6,10H2,1-2H3,(H,16,17). The number of furan rings is 1. The van der Waals surface area contributed by atoms with E-state index < -0.39 is 5.60 Å². The first-order chi connectivity index (χ1) is 9.47. The number of aliphatic hydroxyl groups is 1. The Bertz CT molecular complexity index is 557. The Morgan fingerprint density at radius 3 is 2.85 bits per heavy atom. The molecule has 2 N–H and O–H groups in total. The van der Waals surface area contributed by atoms with E-state index in [0.29, 0.717) is 12.8 Å². The summed E-state index contributed by atoms with van der Waals surface area (Å²) in [5.74, 6) is 1.57. The summed E-state index contributed by atoms with van der Waals surface area (Å²) in [6.07, 6.45) is 0.924. The van der Waals surface area contributed by atoms with Crippen LogP contribution in [0.2, 0.25) is 0 Å². The van der Waals surface area contributed by atoms with Crippen LogP contribution in [0.15, 0.2) is 33.4 Å². The summed E-state index contributed by atoms with van der Waals surface area (Å²) >= 11 is 1.53. The van der Waals surface area contributed by atoms with Crippen LogP contribution in [0.4, 0.5) is 0 Å². The van der Waals surface area contributed by atoms with Crippen molar-refractivity contribution in [2.75, 3.05) is 6.54 Å². The van der Waals surface area contributed by atoms with Gasteiger partial charge in [-0.2, -0.15) is 11.3 Å². The molecule has 20 heavy (non-hydrogen) atoms. The van der Waals surface area contributed by atoms with Gasteiger partial charge in [-0.25, -0.2) is 0 Å². The molecule has 0 fully saturated rings. The largest absolute Gasteiger partial charge is 0.466 e. The van der Waals surface area contributed by atoms with Gasteiger partial charge in [0, 0.05) is 12.8 Å². The minimum absolute atomic E-state index is 0.0884. The quantitative estimate of drug-likeness (QED) is 0.860. The summed E-state index contributed by atoms with van der Waals surface area (Å²) in [4.78, 5) is 11.8. The van der Waals surface area contributed by atoms with Gasteiger partial charge in [0.25, 0.3) is 0 Å². The molecule has 5 heteroatoms. The van der Waals surface area contributed by atoms with Gasteiger partial charge in [0.2, 0.25) is 5.91 Å². The Morgan fingerprint density at radius 1 is 1.45 bits per heavy atom. The molecular formula is C15H19NO3S. The molecule has 0 aliphatic heterocycles. The first-order valence-electron chi connectivity index (χ1n) is 6.54. The Morgan fingerprint density at radius 2 is 2.25 bits per heavy atom. The molecule has 1 amide bonds. The second-order valence-electron chi connectivity index (χ2n) is 5.07. The molecule has 0 radical (unpaired) electrons. The number of hydrogen-bond acceptors (Lipinski definition) is 4. The van der Waals surface area contributed by atoms with Gasteiger partial charge >= 0.3 is 0 Å². The van der Waals surface area contributed by atoms with Crippen molar-refractivity contribution in [3.63, 3.8) is 0 Å². The van der Waals surface area contributed by atoms with Crippen LogP contribution in [-0.2, 0) is 16.8 Å². The maximum atomic E-state index is 11.8. The zero-order valence-electron chi connectivity index (χ0n) is 11.7. The second-order valence-corrected chi connectivity index (χ2v) is 5.86. The number of aryl methyl sites for hydroxylation is 2. The normalized spacial score (nSPS) is 13.9. The molecule has 2 aromatic heterocycles. The third kappa shape index (κ3) is 3.95. The number of carbonyl (C=O) groups excluding carboxylic acids is 1. The summed E-state index contributed by atoms with van der Waals surface area (Å²) in [5, 5.41) is 16.8. The summed E-state index contributed by atoms with van der Waals surface area (Å²) in [6, 6.07) is 5.63. The van der Waals surface area contributed by atoms with Gasteiger partial charge in [-0.1, -0.05) is 0 Å².